The molecular formula is C26H27F5N8O3S. The van der Waals surface area contributed by atoms with Crippen LogP contribution in [-0.2, 0) is 30.2 Å². The van der Waals surface area contributed by atoms with Crippen molar-refractivity contribution >= 4 is 23.2 Å². The standard InChI is InChI=1S/C26H27F5N8O3S/c1-25(27,28)17-8-9-18(32-13-17)14-34-23(41)24-37-36-21(43-24)7-2-3-10-39-15-20(35-38-39)22(40)33-12-16-5-4-6-19(11-16)42-26(29,30)31/h4-6,8-9,11,13,15,35,38H,2-3,7,10,12,14H2,1H3,(H,33,40)(H,34,41). The molecule has 0 atom stereocenters. The molecule has 17 heteroatoms. The molecule has 0 radical (unpaired) electrons. The van der Waals surface area contributed by atoms with Crippen LogP contribution in [0.1, 0.15) is 51.4 Å². The van der Waals surface area contributed by atoms with Crippen molar-refractivity contribution in [2.75, 3.05) is 6.54 Å². The minimum atomic E-state index is -4.80. The number of nitrogens with zero attached hydrogens (tertiary/aromatic N) is 4. The predicted molar refractivity (Wildman–Crippen MR) is 144 cm³/mol. The van der Waals surface area contributed by atoms with E-state index in [0.29, 0.717) is 35.7 Å². The summed E-state index contributed by atoms with van der Waals surface area (Å²) >= 11 is 1.15. The van der Waals surface area contributed by atoms with Crippen molar-refractivity contribution in [3.05, 3.63) is 81.3 Å². The largest absolute Gasteiger partial charge is 0.573 e. The van der Waals surface area contributed by atoms with Gasteiger partial charge in [-0.1, -0.05) is 23.5 Å². The van der Waals surface area contributed by atoms with Crippen molar-refractivity contribution in [1.82, 2.24) is 41.8 Å². The van der Waals surface area contributed by atoms with Crippen LogP contribution in [-0.4, -0.2) is 44.9 Å². The molecule has 0 fully saturated rings. The summed E-state index contributed by atoms with van der Waals surface area (Å²) in [6, 6.07) is 8.02. The zero-order valence-corrected chi connectivity index (χ0v) is 23.5. The molecule has 1 aliphatic heterocycles. The van der Waals surface area contributed by atoms with Gasteiger partial charge >= 0.3 is 6.36 Å². The van der Waals surface area contributed by atoms with Crippen LogP contribution in [0.2, 0.25) is 0 Å². The molecule has 2 amide bonds. The Balaban J connectivity index is 1.14. The van der Waals surface area contributed by atoms with E-state index in [1.165, 1.54) is 30.3 Å². The molecule has 3 aromatic rings. The van der Waals surface area contributed by atoms with Gasteiger partial charge in [0.15, 0.2) is 0 Å². The minimum absolute atomic E-state index is 0.000783. The number of nitrogens with one attached hydrogen (secondary N) is 4. The number of alkyl halides is 5. The Morgan fingerprint density at radius 2 is 1.81 bits per heavy atom. The van der Waals surface area contributed by atoms with Crippen LogP contribution >= 0.6 is 11.3 Å². The first kappa shape index (κ1) is 31.6. The third kappa shape index (κ3) is 9.85. The second-order valence-electron chi connectivity index (χ2n) is 9.42. The second kappa shape index (κ2) is 13.7. The van der Waals surface area contributed by atoms with Gasteiger partial charge in [-0.25, -0.2) is 8.78 Å². The molecule has 43 heavy (non-hydrogen) atoms. The maximum absolute atomic E-state index is 13.3. The number of carbonyl (C=O) groups excluding carboxylic acids is 2. The lowest BCUT2D eigenvalue weighted by Gasteiger charge is -2.14. The lowest BCUT2D eigenvalue weighted by atomic mass is 10.1. The lowest BCUT2D eigenvalue weighted by Crippen LogP contribution is -2.39. The number of amides is 2. The van der Waals surface area contributed by atoms with Crippen LogP contribution in [0.4, 0.5) is 22.0 Å². The number of halogens is 5. The van der Waals surface area contributed by atoms with E-state index in [1.807, 2.05) is 0 Å². The molecule has 0 saturated heterocycles. The van der Waals surface area contributed by atoms with Crippen LogP contribution in [0, 0.1) is 0 Å². The monoisotopic (exact) mass is 626 g/mol. The number of pyridine rings is 1. The van der Waals surface area contributed by atoms with Gasteiger partial charge < -0.3 is 15.4 Å². The topological polar surface area (TPSA) is 133 Å². The Bertz CT molecular complexity index is 1440. The molecule has 0 unspecified atom stereocenters. The highest BCUT2D eigenvalue weighted by Gasteiger charge is 2.31. The van der Waals surface area contributed by atoms with E-state index < -0.39 is 24.1 Å². The molecule has 0 bridgehead atoms. The molecule has 230 valence electrons. The molecule has 0 saturated carbocycles. The van der Waals surface area contributed by atoms with Gasteiger partial charge in [-0.15, -0.1) is 28.9 Å². The number of hydrogen-bond acceptors (Lipinski definition) is 10. The molecule has 0 aliphatic carbocycles. The summed E-state index contributed by atoms with van der Waals surface area (Å²) in [7, 11) is 0. The maximum atomic E-state index is 13.3. The van der Waals surface area contributed by atoms with E-state index in [2.05, 4.69) is 41.5 Å². The van der Waals surface area contributed by atoms with Gasteiger partial charge in [0.1, 0.15) is 16.5 Å². The molecule has 3 heterocycles. The van der Waals surface area contributed by atoms with Gasteiger partial charge in [-0.2, -0.15) is 0 Å². The number of aryl methyl sites for hydroxylation is 1. The average Bonchev–Trinajstić information content (AvgIpc) is 3.62. The summed E-state index contributed by atoms with van der Waals surface area (Å²) in [6.45, 7) is 1.38. The Labute approximate surface area is 246 Å². The van der Waals surface area contributed by atoms with E-state index in [-0.39, 0.29) is 35.1 Å². The van der Waals surface area contributed by atoms with Crippen LogP contribution in [0.5, 0.6) is 5.75 Å². The number of unbranched alkanes of at least 4 members (excludes halogenated alkanes) is 1. The zero-order chi connectivity index (χ0) is 31.0. The fraction of sp³-hybridized carbons (Fsp3) is 0.346. The summed E-state index contributed by atoms with van der Waals surface area (Å²) in [5.74, 6) is -4.26. The van der Waals surface area contributed by atoms with Crippen molar-refractivity contribution in [3.63, 3.8) is 0 Å². The van der Waals surface area contributed by atoms with Gasteiger partial charge in [0.2, 0.25) is 5.01 Å². The van der Waals surface area contributed by atoms with Crippen molar-refractivity contribution < 1.29 is 36.3 Å². The summed E-state index contributed by atoms with van der Waals surface area (Å²) in [5.41, 5.74) is 6.46. The molecule has 1 aromatic carbocycles. The van der Waals surface area contributed by atoms with Crippen LogP contribution < -0.4 is 26.3 Å². The number of carbonyl (C=O) groups is 2. The number of ether oxygens (including phenoxy) is 1. The van der Waals surface area contributed by atoms with E-state index in [4.69, 9.17) is 0 Å². The molecule has 1 aliphatic rings. The smallest absolute Gasteiger partial charge is 0.406 e. The summed E-state index contributed by atoms with van der Waals surface area (Å²) in [5, 5.41) is 15.7. The lowest BCUT2D eigenvalue weighted by molar-refractivity contribution is -0.274. The average molecular weight is 627 g/mol. The number of hydrazine groups is 2. The number of hydrogen-bond donors (Lipinski definition) is 4. The van der Waals surface area contributed by atoms with Crippen molar-refractivity contribution in [2.45, 2.75) is 51.6 Å². The number of aromatic nitrogens is 3. The Kier molecular flexibility index (Phi) is 10.1. The highest BCUT2D eigenvalue weighted by molar-refractivity contribution is 7.13. The molecule has 4 N–H and O–H groups in total. The highest BCUT2D eigenvalue weighted by atomic mass is 32.1. The van der Waals surface area contributed by atoms with E-state index in [0.717, 1.165) is 30.9 Å². The first-order chi connectivity index (χ1) is 20.4. The zero-order valence-electron chi connectivity index (χ0n) is 22.7. The van der Waals surface area contributed by atoms with Crippen molar-refractivity contribution in [3.8, 4) is 5.75 Å². The van der Waals surface area contributed by atoms with Crippen LogP contribution in [0.15, 0.2) is 54.5 Å². The minimum Gasteiger partial charge on any atom is -0.406 e. The van der Waals surface area contributed by atoms with Gasteiger partial charge in [0.05, 0.1) is 12.2 Å². The van der Waals surface area contributed by atoms with Gasteiger partial charge in [0.25, 0.3) is 17.7 Å². The van der Waals surface area contributed by atoms with Gasteiger partial charge in [-0.05, 0) is 42.7 Å². The first-order valence-corrected chi connectivity index (χ1v) is 13.7. The first-order valence-electron chi connectivity index (χ1n) is 12.9. The third-order valence-electron chi connectivity index (χ3n) is 5.91. The SMILES string of the molecule is CC(F)(F)c1ccc(CNC(=O)c2nnc(CCCCN3C=C(C(=O)NCc4cccc(OC(F)(F)F)c4)NN3)s2)nc1. The Morgan fingerprint density at radius 1 is 1.02 bits per heavy atom. The quantitative estimate of drug-likeness (QED) is 0.166. The highest BCUT2D eigenvalue weighted by Crippen LogP contribution is 2.26. The van der Waals surface area contributed by atoms with E-state index >= 15 is 0 Å². The fourth-order valence-electron chi connectivity index (χ4n) is 3.76. The van der Waals surface area contributed by atoms with Crippen LogP contribution in [0.25, 0.3) is 0 Å². The number of rotatable bonds is 13. The van der Waals surface area contributed by atoms with Gasteiger partial charge in [0, 0.05) is 44.4 Å². The van der Waals surface area contributed by atoms with Crippen LogP contribution in [0.3, 0.4) is 0 Å². The summed E-state index contributed by atoms with van der Waals surface area (Å²) in [4.78, 5) is 28.8. The predicted octanol–water partition coefficient (Wildman–Crippen LogP) is 3.68. The normalized spacial score (nSPS) is 13.3. The molecule has 11 nitrogen and oxygen atoms in total. The molecule has 4 rings (SSSR count). The molecule has 0 spiro atoms. The van der Waals surface area contributed by atoms with Crippen molar-refractivity contribution in [1.29, 1.82) is 0 Å². The Hall–Kier alpha value is -4.38. The maximum Gasteiger partial charge on any atom is 0.573 e. The molecular weight excluding hydrogens is 599 g/mol. The summed E-state index contributed by atoms with van der Waals surface area (Å²) < 4.78 is 67.7. The third-order valence-corrected chi connectivity index (χ3v) is 6.89. The van der Waals surface area contributed by atoms with Crippen molar-refractivity contribution in [2.24, 2.45) is 0 Å². The Morgan fingerprint density at radius 3 is 2.53 bits per heavy atom. The number of benzene rings is 1. The van der Waals surface area contributed by atoms with E-state index in [1.54, 1.807) is 17.3 Å². The summed E-state index contributed by atoms with van der Waals surface area (Å²) in [6.07, 6.45) is -0.142. The second-order valence-corrected chi connectivity index (χ2v) is 10.5. The fourth-order valence-corrected chi connectivity index (χ4v) is 4.56. The van der Waals surface area contributed by atoms with Gasteiger partial charge in [-0.3, -0.25) is 25.0 Å². The van der Waals surface area contributed by atoms with E-state index in [9.17, 15) is 31.5 Å². The molecule has 2 aromatic heterocycles.